The van der Waals surface area contributed by atoms with Crippen LogP contribution in [-0.2, 0) is 4.74 Å². The number of hydrogen-bond acceptors (Lipinski definition) is 5. The number of methoxy groups -OCH3 is 1. The average Bonchev–Trinajstić information content (AvgIpc) is 2.49. The van der Waals surface area contributed by atoms with Gasteiger partial charge >= 0.3 is 6.09 Å². The van der Waals surface area contributed by atoms with Crippen LogP contribution in [0.2, 0.25) is 0 Å². The van der Waals surface area contributed by atoms with Crippen molar-refractivity contribution in [2.75, 3.05) is 17.7 Å². The van der Waals surface area contributed by atoms with E-state index in [0.717, 1.165) is 5.69 Å². The Hall–Kier alpha value is -3.07. The molecule has 1 aromatic carbocycles. The molecular formula is C14H12N4O2. The molecule has 2 aromatic rings. The van der Waals surface area contributed by atoms with Gasteiger partial charge < -0.3 is 10.1 Å². The molecule has 100 valence electrons. The number of amides is 1. The SMILES string of the molecule is COC(=O)Nc1ccc(Nc2cccc(C#N)c2)nc1. The summed E-state index contributed by atoms with van der Waals surface area (Å²) in [6.07, 6.45) is 0.960. The highest BCUT2D eigenvalue weighted by Gasteiger charge is 2.02. The number of nitrogens with one attached hydrogen (secondary N) is 2. The van der Waals surface area contributed by atoms with E-state index in [9.17, 15) is 4.79 Å². The number of benzene rings is 1. The molecule has 0 radical (unpaired) electrons. The van der Waals surface area contributed by atoms with Crippen LogP contribution in [0, 0.1) is 11.3 Å². The van der Waals surface area contributed by atoms with Crippen LogP contribution in [0.5, 0.6) is 0 Å². The van der Waals surface area contributed by atoms with Crippen LogP contribution >= 0.6 is 0 Å². The molecule has 0 spiro atoms. The summed E-state index contributed by atoms with van der Waals surface area (Å²) in [4.78, 5) is 15.2. The molecule has 1 amide bonds. The van der Waals surface area contributed by atoms with Crippen LogP contribution in [0.1, 0.15) is 5.56 Å². The normalized spacial score (nSPS) is 9.40. The smallest absolute Gasteiger partial charge is 0.411 e. The Kier molecular flexibility index (Phi) is 4.14. The minimum Gasteiger partial charge on any atom is -0.453 e. The lowest BCUT2D eigenvalue weighted by Gasteiger charge is -2.07. The zero-order chi connectivity index (χ0) is 14.4. The van der Waals surface area contributed by atoms with Gasteiger partial charge in [0, 0.05) is 5.69 Å². The van der Waals surface area contributed by atoms with E-state index in [0.29, 0.717) is 17.1 Å². The van der Waals surface area contributed by atoms with E-state index in [1.54, 1.807) is 30.3 Å². The van der Waals surface area contributed by atoms with Gasteiger partial charge in [-0.15, -0.1) is 0 Å². The van der Waals surface area contributed by atoms with Crippen molar-refractivity contribution in [3.8, 4) is 6.07 Å². The van der Waals surface area contributed by atoms with Crippen molar-refractivity contribution in [3.63, 3.8) is 0 Å². The lowest BCUT2D eigenvalue weighted by atomic mass is 10.2. The van der Waals surface area contributed by atoms with E-state index in [4.69, 9.17) is 5.26 Å². The molecule has 0 aliphatic heterocycles. The minimum absolute atomic E-state index is 0.535. The second kappa shape index (κ2) is 6.20. The predicted molar refractivity (Wildman–Crippen MR) is 74.7 cm³/mol. The Bertz CT molecular complexity index is 647. The molecule has 1 aromatic heterocycles. The van der Waals surface area contributed by atoms with Gasteiger partial charge in [-0.2, -0.15) is 5.26 Å². The Morgan fingerprint density at radius 1 is 1.30 bits per heavy atom. The standard InChI is InChI=1S/C14H12N4O2/c1-20-14(19)18-12-5-6-13(16-9-12)17-11-4-2-3-10(7-11)8-15/h2-7,9H,1H3,(H,16,17)(H,18,19). The van der Waals surface area contributed by atoms with Gasteiger partial charge in [0.1, 0.15) is 5.82 Å². The zero-order valence-electron chi connectivity index (χ0n) is 10.8. The highest BCUT2D eigenvalue weighted by Crippen LogP contribution is 2.17. The number of ether oxygens (including phenoxy) is 1. The fraction of sp³-hybridized carbons (Fsp3) is 0.0714. The highest BCUT2D eigenvalue weighted by atomic mass is 16.5. The monoisotopic (exact) mass is 268 g/mol. The molecule has 2 N–H and O–H groups in total. The van der Waals surface area contributed by atoms with E-state index in [2.05, 4.69) is 26.4 Å². The van der Waals surface area contributed by atoms with Gasteiger partial charge in [0.05, 0.1) is 30.6 Å². The molecule has 0 saturated heterocycles. The van der Waals surface area contributed by atoms with E-state index in [1.165, 1.54) is 13.3 Å². The summed E-state index contributed by atoms with van der Waals surface area (Å²) in [5.74, 6) is 0.607. The predicted octanol–water partition coefficient (Wildman–Crippen LogP) is 2.88. The maximum Gasteiger partial charge on any atom is 0.411 e. The number of pyridine rings is 1. The molecule has 6 heteroatoms. The van der Waals surface area contributed by atoms with Crippen molar-refractivity contribution in [1.29, 1.82) is 5.26 Å². The number of anilines is 3. The summed E-state index contributed by atoms with van der Waals surface area (Å²) < 4.78 is 4.48. The average molecular weight is 268 g/mol. The Labute approximate surface area is 116 Å². The van der Waals surface area contributed by atoms with Gasteiger partial charge in [-0.25, -0.2) is 9.78 Å². The van der Waals surface area contributed by atoms with Crippen LogP contribution in [0.25, 0.3) is 0 Å². The molecule has 0 aliphatic rings. The van der Waals surface area contributed by atoms with Crippen LogP contribution < -0.4 is 10.6 Å². The van der Waals surface area contributed by atoms with Gasteiger partial charge in [-0.1, -0.05) is 6.07 Å². The number of carbonyl (C=O) groups excluding carboxylic acids is 1. The van der Waals surface area contributed by atoms with Gasteiger partial charge in [-0.05, 0) is 30.3 Å². The third-order valence-corrected chi connectivity index (χ3v) is 2.46. The lowest BCUT2D eigenvalue weighted by Crippen LogP contribution is -2.11. The van der Waals surface area contributed by atoms with E-state index >= 15 is 0 Å². The minimum atomic E-state index is -0.547. The Morgan fingerprint density at radius 3 is 2.80 bits per heavy atom. The van der Waals surface area contributed by atoms with E-state index in [-0.39, 0.29) is 0 Å². The summed E-state index contributed by atoms with van der Waals surface area (Å²) in [5.41, 5.74) is 1.87. The third-order valence-electron chi connectivity index (χ3n) is 2.46. The van der Waals surface area contributed by atoms with Gasteiger partial charge in [0.15, 0.2) is 0 Å². The summed E-state index contributed by atoms with van der Waals surface area (Å²) >= 11 is 0. The van der Waals surface area contributed by atoms with E-state index < -0.39 is 6.09 Å². The topological polar surface area (TPSA) is 87.0 Å². The molecule has 0 fully saturated rings. The second-order valence-electron chi connectivity index (χ2n) is 3.87. The van der Waals surface area contributed by atoms with Crippen molar-refractivity contribution in [1.82, 2.24) is 4.98 Å². The first-order valence-electron chi connectivity index (χ1n) is 5.79. The van der Waals surface area contributed by atoms with Crippen LogP contribution in [0.3, 0.4) is 0 Å². The first-order valence-corrected chi connectivity index (χ1v) is 5.79. The van der Waals surface area contributed by atoms with E-state index in [1.807, 2.05) is 6.07 Å². The molecule has 2 rings (SSSR count). The summed E-state index contributed by atoms with van der Waals surface area (Å²) in [6.45, 7) is 0. The summed E-state index contributed by atoms with van der Waals surface area (Å²) in [7, 11) is 1.29. The Balaban J connectivity index is 2.07. The van der Waals surface area contributed by atoms with Crippen molar-refractivity contribution >= 4 is 23.3 Å². The molecule has 1 heterocycles. The first kappa shape index (κ1) is 13.4. The van der Waals surface area contributed by atoms with Crippen molar-refractivity contribution in [3.05, 3.63) is 48.2 Å². The number of nitriles is 1. The fourth-order valence-corrected chi connectivity index (χ4v) is 1.53. The first-order chi connectivity index (χ1) is 9.71. The molecule has 0 aliphatic carbocycles. The molecular weight excluding hydrogens is 256 g/mol. The maximum atomic E-state index is 11.0. The number of nitrogens with zero attached hydrogens (tertiary/aromatic N) is 2. The van der Waals surface area contributed by atoms with Gasteiger partial charge in [0.25, 0.3) is 0 Å². The lowest BCUT2D eigenvalue weighted by molar-refractivity contribution is 0.187. The number of rotatable bonds is 3. The second-order valence-corrected chi connectivity index (χ2v) is 3.87. The fourth-order valence-electron chi connectivity index (χ4n) is 1.53. The molecule has 0 atom stereocenters. The van der Waals surface area contributed by atoms with Crippen molar-refractivity contribution in [2.24, 2.45) is 0 Å². The van der Waals surface area contributed by atoms with Crippen LogP contribution in [-0.4, -0.2) is 18.2 Å². The molecule has 0 unspecified atom stereocenters. The summed E-state index contributed by atoms with van der Waals surface area (Å²) in [5, 5.41) is 14.4. The van der Waals surface area contributed by atoms with Crippen LogP contribution in [0.15, 0.2) is 42.6 Å². The van der Waals surface area contributed by atoms with Crippen molar-refractivity contribution < 1.29 is 9.53 Å². The summed E-state index contributed by atoms with van der Waals surface area (Å²) in [6, 6.07) is 12.5. The molecule has 0 saturated carbocycles. The maximum absolute atomic E-state index is 11.0. The number of carbonyl (C=O) groups is 1. The van der Waals surface area contributed by atoms with Crippen molar-refractivity contribution in [2.45, 2.75) is 0 Å². The number of hydrogen-bond donors (Lipinski definition) is 2. The molecule has 20 heavy (non-hydrogen) atoms. The number of aromatic nitrogens is 1. The quantitative estimate of drug-likeness (QED) is 0.893. The van der Waals surface area contributed by atoms with Crippen LogP contribution in [0.4, 0.5) is 22.0 Å². The third kappa shape index (κ3) is 3.46. The van der Waals surface area contributed by atoms with Gasteiger partial charge in [-0.3, -0.25) is 5.32 Å². The zero-order valence-corrected chi connectivity index (χ0v) is 10.8. The molecule has 6 nitrogen and oxygen atoms in total. The van der Waals surface area contributed by atoms with Gasteiger partial charge in [0.2, 0.25) is 0 Å². The highest BCUT2D eigenvalue weighted by molar-refractivity contribution is 5.84. The Morgan fingerprint density at radius 2 is 2.15 bits per heavy atom. The molecule has 0 bridgehead atoms. The largest absolute Gasteiger partial charge is 0.453 e.